The number of quaternary nitrogens is 4. The summed E-state index contributed by atoms with van der Waals surface area (Å²) in [6.07, 6.45) is 23.8. The van der Waals surface area contributed by atoms with Gasteiger partial charge in [-0.15, -0.1) is 0 Å². The highest BCUT2D eigenvalue weighted by atomic mass is 35.5. The van der Waals surface area contributed by atoms with Gasteiger partial charge in [0.1, 0.15) is 77.0 Å². The molecule has 0 saturated carbocycles. The van der Waals surface area contributed by atoms with E-state index in [2.05, 4.69) is 13.8 Å². The van der Waals surface area contributed by atoms with E-state index in [4.69, 9.17) is 42.6 Å². The van der Waals surface area contributed by atoms with Crippen LogP contribution in [-0.4, -0.2) is 238 Å². The number of nitrogens with zero attached hydrogens (tertiary/aromatic N) is 4. The molecule has 0 fully saturated rings. The molecule has 4 unspecified atom stereocenters. The Morgan fingerprint density at radius 1 is 0.260 bits per heavy atom. The van der Waals surface area contributed by atoms with Gasteiger partial charge in [-0.25, -0.2) is 19.2 Å². The maximum atomic E-state index is 13.7. The molecule has 0 radical (unpaired) electrons. The zero-order chi connectivity index (χ0) is 69.3. The van der Waals surface area contributed by atoms with Crippen LogP contribution in [0.5, 0.6) is 0 Å². The molecular weight excluding hydrogens is 1330 g/mol. The van der Waals surface area contributed by atoms with E-state index >= 15 is 0 Å². The number of hydrogen-bond acceptors (Lipinski definition) is 18. The summed E-state index contributed by atoms with van der Waals surface area (Å²) in [5.41, 5.74) is 0. The van der Waals surface area contributed by atoms with Gasteiger partial charge in [0.15, 0.2) is 26.2 Å². The quantitative estimate of drug-likeness (QED) is 0.0292. The molecule has 0 aliphatic carbocycles. The van der Waals surface area contributed by atoms with Gasteiger partial charge >= 0.3 is 53.7 Å². The number of ether oxygens (including phenoxy) is 9. The molecule has 22 nitrogen and oxygen atoms in total. The second-order valence-electron chi connectivity index (χ2n) is 28.0. The molecule has 26 heteroatoms. The Labute approximate surface area is 604 Å². The van der Waals surface area contributed by atoms with Crippen LogP contribution in [0.4, 0.5) is 0 Å². The highest BCUT2D eigenvalue weighted by Crippen LogP contribution is 2.24. The van der Waals surface area contributed by atoms with Crippen molar-refractivity contribution in [3.05, 3.63) is 0 Å². The molecule has 96 heavy (non-hydrogen) atoms. The van der Waals surface area contributed by atoms with Gasteiger partial charge in [-0.05, 0) is 64.2 Å². The number of carbonyl (C=O) groups excluding carboxylic acids is 9. The maximum absolute atomic E-state index is 13.7. The summed E-state index contributed by atoms with van der Waals surface area (Å²) >= 11 is 0. The lowest BCUT2D eigenvalue weighted by atomic mass is 9.99. The summed E-state index contributed by atoms with van der Waals surface area (Å²) in [5, 5.41) is 0. The van der Waals surface area contributed by atoms with Gasteiger partial charge < -0.3 is 110 Å². The molecule has 0 rings (SSSR count). The Balaban J connectivity index is -0.00000690. The largest absolute Gasteiger partial charge is 1.00 e. The number of halogens is 4. The molecule has 0 aromatic carbocycles. The summed E-state index contributed by atoms with van der Waals surface area (Å²) in [4.78, 5) is 113. The molecule has 0 aromatic heterocycles. The fourth-order valence-electron chi connectivity index (χ4n) is 10.7. The van der Waals surface area contributed by atoms with Crippen LogP contribution in [0.1, 0.15) is 234 Å². The van der Waals surface area contributed by atoms with Gasteiger partial charge in [-0.2, -0.15) is 0 Å². The fraction of sp³-hybridized carbons (Fsp3) is 0.871. The molecule has 0 N–H and O–H groups in total. The first-order valence-electron chi connectivity index (χ1n) is 35.1. The zero-order valence-corrected chi connectivity index (χ0v) is 64.9. The molecule has 0 spiro atoms. The number of unbranched alkanes of at least 4 members (excludes halogenated alkanes) is 21. The number of hydrogen-bond donors (Lipinski definition) is 0. The van der Waals surface area contributed by atoms with Crippen molar-refractivity contribution in [3.8, 4) is 0 Å². The van der Waals surface area contributed by atoms with Gasteiger partial charge in [0, 0.05) is 34.1 Å². The average molecular weight is 1460 g/mol. The van der Waals surface area contributed by atoms with Crippen LogP contribution in [0.2, 0.25) is 0 Å². The van der Waals surface area contributed by atoms with E-state index in [-0.39, 0.29) is 144 Å². The monoisotopic (exact) mass is 1460 g/mol. The maximum Gasteiger partial charge on any atom is 0.362 e. The lowest BCUT2D eigenvalue weighted by Crippen LogP contribution is -3.00. The van der Waals surface area contributed by atoms with Crippen LogP contribution in [0.3, 0.4) is 0 Å². The molecular formula is C70H132Cl4N4O18. The van der Waals surface area contributed by atoms with Crippen molar-refractivity contribution in [2.45, 2.75) is 259 Å². The average Bonchev–Trinajstić information content (AvgIpc) is 0.890. The lowest BCUT2D eigenvalue weighted by molar-refractivity contribution is -0.883. The van der Waals surface area contributed by atoms with E-state index in [9.17, 15) is 43.2 Å². The van der Waals surface area contributed by atoms with Crippen molar-refractivity contribution in [2.75, 3.05) is 142 Å². The minimum atomic E-state index is -0.672. The molecule has 4 atom stereocenters. The fourth-order valence-corrected chi connectivity index (χ4v) is 10.7. The summed E-state index contributed by atoms with van der Waals surface area (Å²) in [5.74, 6) is -3.46. The van der Waals surface area contributed by atoms with E-state index in [1.54, 1.807) is 0 Å². The topological polar surface area (TPSA) is 237 Å². The Morgan fingerprint density at radius 2 is 0.469 bits per heavy atom. The second-order valence-corrected chi connectivity index (χ2v) is 28.0. The summed E-state index contributed by atoms with van der Waals surface area (Å²) in [6, 6.07) is 0. The number of likely N-dealkylation sites (N-methyl/N-ethyl adjacent to an activating group) is 4. The molecule has 568 valence electrons. The van der Waals surface area contributed by atoms with Crippen LogP contribution in [-0.2, 0) is 85.8 Å². The van der Waals surface area contributed by atoms with Crippen molar-refractivity contribution in [3.63, 3.8) is 0 Å². The van der Waals surface area contributed by atoms with Crippen LogP contribution < -0.4 is 49.6 Å². The highest BCUT2D eigenvalue weighted by Gasteiger charge is 2.35. The Hall–Kier alpha value is -3.77. The zero-order valence-electron chi connectivity index (χ0n) is 61.9. The predicted octanol–water partition coefficient (Wildman–Crippen LogP) is -1.51. The van der Waals surface area contributed by atoms with E-state index in [1.165, 1.54) is 53.4 Å². The first kappa shape index (κ1) is 101. The SMILES string of the molecule is CCCCCCCCCC(OC(=O)C[N+](C)(C)CCOC(C)=O)C(CCCCCCCCC(=O)OCCCCCCCC(OC(=O)C[N+](C)(C)CCOC(C)=O)C(CCCCCCCCC)OC(=O)C[N+](C)(C)CCOC(C)=O)OC(=O)C[N+](C)(C)CCOC(C)=O.[Cl-].[Cl-].[Cl-].[Cl-]. The number of carbonyl (C=O) groups is 9. The number of rotatable bonds is 59. The Kier molecular flexibility index (Phi) is 63.1. The van der Waals surface area contributed by atoms with Gasteiger partial charge in [-0.1, -0.05) is 136 Å². The van der Waals surface area contributed by atoms with Gasteiger partial charge in [-0.3, -0.25) is 24.0 Å². The van der Waals surface area contributed by atoms with E-state index in [0.717, 1.165) is 122 Å². The molecule has 0 aliphatic heterocycles. The van der Waals surface area contributed by atoms with Gasteiger partial charge in [0.2, 0.25) is 0 Å². The van der Waals surface area contributed by atoms with E-state index in [0.29, 0.717) is 77.7 Å². The predicted molar refractivity (Wildman–Crippen MR) is 354 cm³/mol. The van der Waals surface area contributed by atoms with E-state index < -0.39 is 54.3 Å². The van der Waals surface area contributed by atoms with Crippen molar-refractivity contribution in [1.82, 2.24) is 0 Å². The van der Waals surface area contributed by atoms with Crippen LogP contribution >= 0.6 is 0 Å². The molecule has 0 aliphatic rings. The first-order chi connectivity index (χ1) is 43.4. The normalized spacial score (nSPS) is 12.7. The summed E-state index contributed by atoms with van der Waals surface area (Å²) < 4.78 is 52.2. The van der Waals surface area contributed by atoms with Crippen LogP contribution in [0.25, 0.3) is 0 Å². The van der Waals surface area contributed by atoms with Gasteiger partial charge in [0.25, 0.3) is 0 Å². The van der Waals surface area contributed by atoms with Crippen molar-refractivity contribution in [2.24, 2.45) is 0 Å². The highest BCUT2D eigenvalue weighted by molar-refractivity contribution is 5.73. The third kappa shape index (κ3) is 61.3. The molecule has 0 amide bonds. The third-order valence-corrected chi connectivity index (χ3v) is 16.4. The minimum absolute atomic E-state index is 0. The third-order valence-electron chi connectivity index (χ3n) is 16.4. The van der Waals surface area contributed by atoms with Gasteiger partial charge in [0.05, 0.1) is 63.0 Å². The molecule has 0 heterocycles. The van der Waals surface area contributed by atoms with Crippen molar-refractivity contribution >= 4 is 53.7 Å². The lowest BCUT2D eigenvalue weighted by Gasteiger charge is -2.32. The summed E-state index contributed by atoms with van der Waals surface area (Å²) in [6.45, 7) is 12.6. The van der Waals surface area contributed by atoms with Crippen LogP contribution in [0.15, 0.2) is 0 Å². The first-order valence-corrected chi connectivity index (χ1v) is 35.1. The summed E-state index contributed by atoms with van der Waals surface area (Å²) in [7, 11) is 15.0. The minimum Gasteiger partial charge on any atom is -1.00 e. The Bertz CT molecular complexity index is 1950. The van der Waals surface area contributed by atoms with Crippen LogP contribution in [0, 0.1) is 0 Å². The Morgan fingerprint density at radius 3 is 0.698 bits per heavy atom. The standard InChI is InChI=1S/C70H132N4O18.4ClH/c1-15-17-19-21-23-28-34-40-62(89-67(80)54-71(7,8)45-50-84-58(3)75)64(91-69(82)56-73(11,12)47-52-86-60(5)77)42-36-30-25-26-32-38-44-66(79)88-49-39-33-27-31-37-43-65(92-70(83)57-74(13,14)48-53-87-61(6)78)63(41-35-29-24-22-20-18-16-2)90-68(81)55-72(9,10)46-51-85-59(4)76;;;;/h62-65H,15-57H2,1-14H3;4*1H/q+4;;;;/p-4. The van der Waals surface area contributed by atoms with Crippen molar-refractivity contribution in [1.29, 1.82) is 0 Å². The molecule has 0 saturated heterocycles. The van der Waals surface area contributed by atoms with Crippen molar-refractivity contribution < 1.29 is 153 Å². The van der Waals surface area contributed by atoms with E-state index in [1.807, 2.05) is 56.4 Å². The second kappa shape index (κ2) is 60.0. The number of esters is 9. The smallest absolute Gasteiger partial charge is 0.362 e. The molecule has 0 aromatic rings. The molecule has 0 bridgehead atoms.